The van der Waals surface area contributed by atoms with Crippen LogP contribution in [0.1, 0.15) is 18.4 Å². The van der Waals surface area contributed by atoms with Crippen molar-refractivity contribution in [1.82, 2.24) is 9.03 Å². The van der Waals surface area contributed by atoms with Crippen molar-refractivity contribution in [2.45, 2.75) is 25.4 Å². The van der Waals surface area contributed by atoms with Crippen LogP contribution in [0.4, 0.5) is 5.69 Å². The predicted octanol–water partition coefficient (Wildman–Crippen LogP) is 0.697. The number of hydrogen-bond acceptors (Lipinski definition) is 3. The third-order valence-electron chi connectivity index (χ3n) is 2.84. The van der Waals surface area contributed by atoms with E-state index in [0.29, 0.717) is 12.2 Å². The fourth-order valence-electron chi connectivity index (χ4n) is 1.69. The van der Waals surface area contributed by atoms with Crippen molar-refractivity contribution in [1.29, 1.82) is 0 Å². The molecule has 6 heteroatoms. The van der Waals surface area contributed by atoms with Crippen LogP contribution in [0.5, 0.6) is 0 Å². The third kappa shape index (κ3) is 2.96. The minimum absolute atomic E-state index is 0.144. The first-order valence-corrected chi connectivity index (χ1v) is 7.01. The number of nitrogens with two attached hydrogens (primary N) is 1. The molecule has 94 valence electrons. The molecule has 1 aromatic carbocycles. The molecule has 0 saturated heterocycles. The Kier molecular flexibility index (Phi) is 3.37. The summed E-state index contributed by atoms with van der Waals surface area (Å²) < 4.78 is 27.6. The first-order chi connectivity index (χ1) is 8.03. The molecule has 0 unspecified atom stereocenters. The Morgan fingerprint density at radius 2 is 1.94 bits per heavy atom. The standard InChI is InChI=1S/C11H17N3O2S/c1-13-17(15,16)14(11-6-7-11)8-9-2-4-10(12)5-3-9/h2-5,11,13H,6-8,12H2,1H3. The monoisotopic (exact) mass is 255 g/mol. The molecule has 1 saturated carbocycles. The summed E-state index contributed by atoms with van der Waals surface area (Å²) in [5.41, 5.74) is 7.23. The van der Waals surface area contributed by atoms with Gasteiger partial charge in [-0.1, -0.05) is 12.1 Å². The highest BCUT2D eigenvalue weighted by atomic mass is 32.2. The summed E-state index contributed by atoms with van der Waals surface area (Å²) in [6.07, 6.45) is 1.88. The molecule has 0 spiro atoms. The average Bonchev–Trinajstić information content (AvgIpc) is 3.12. The topological polar surface area (TPSA) is 75.4 Å². The number of anilines is 1. The second-order valence-electron chi connectivity index (χ2n) is 4.23. The van der Waals surface area contributed by atoms with Gasteiger partial charge in [0.25, 0.3) is 10.2 Å². The van der Waals surface area contributed by atoms with Gasteiger partial charge in [0.2, 0.25) is 0 Å². The van der Waals surface area contributed by atoms with Gasteiger partial charge >= 0.3 is 0 Å². The second-order valence-corrected chi connectivity index (χ2v) is 6.05. The molecular weight excluding hydrogens is 238 g/mol. The molecule has 1 aliphatic rings. The molecule has 0 heterocycles. The van der Waals surface area contributed by atoms with Crippen molar-refractivity contribution in [2.24, 2.45) is 0 Å². The number of hydrogen-bond donors (Lipinski definition) is 2. The smallest absolute Gasteiger partial charge is 0.279 e. The Labute approximate surface area is 102 Å². The lowest BCUT2D eigenvalue weighted by molar-refractivity contribution is 0.393. The fraction of sp³-hybridized carbons (Fsp3) is 0.455. The van der Waals surface area contributed by atoms with E-state index in [-0.39, 0.29) is 6.04 Å². The summed E-state index contributed by atoms with van der Waals surface area (Å²) in [7, 11) is -1.92. The number of nitrogens with one attached hydrogen (secondary N) is 1. The van der Waals surface area contributed by atoms with Crippen LogP contribution in [-0.4, -0.2) is 25.8 Å². The molecule has 0 bridgehead atoms. The molecule has 5 nitrogen and oxygen atoms in total. The van der Waals surface area contributed by atoms with Gasteiger partial charge in [0.15, 0.2) is 0 Å². The fourth-order valence-corrected chi connectivity index (χ4v) is 2.85. The van der Waals surface area contributed by atoms with E-state index in [1.165, 1.54) is 11.4 Å². The summed E-state index contributed by atoms with van der Waals surface area (Å²) in [6.45, 7) is 0.397. The van der Waals surface area contributed by atoms with E-state index < -0.39 is 10.2 Å². The van der Waals surface area contributed by atoms with E-state index in [9.17, 15) is 8.42 Å². The van der Waals surface area contributed by atoms with E-state index in [1.807, 2.05) is 12.1 Å². The molecule has 0 amide bonds. The molecule has 3 N–H and O–H groups in total. The minimum Gasteiger partial charge on any atom is -0.399 e. The van der Waals surface area contributed by atoms with Gasteiger partial charge in [0.05, 0.1) is 0 Å². The van der Waals surface area contributed by atoms with Crippen LogP contribution in [0.2, 0.25) is 0 Å². The predicted molar refractivity (Wildman–Crippen MR) is 67.4 cm³/mol. The maximum Gasteiger partial charge on any atom is 0.279 e. The molecular formula is C11H17N3O2S. The normalized spacial score (nSPS) is 16.4. The summed E-state index contributed by atoms with van der Waals surface area (Å²) in [6, 6.07) is 7.43. The lowest BCUT2D eigenvalue weighted by atomic mass is 10.2. The zero-order valence-electron chi connectivity index (χ0n) is 9.76. The molecule has 0 aromatic heterocycles. The summed E-state index contributed by atoms with van der Waals surface area (Å²) >= 11 is 0. The van der Waals surface area contributed by atoms with E-state index >= 15 is 0 Å². The third-order valence-corrected chi connectivity index (χ3v) is 4.40. The van der Waals surface area contributed by atoms with Gasteiger partial charge in [-0.05, 0) is 30.5 Å². The van der Waals surface area contributed by atoms with E-state index in [0.717, 1.165) is 18.4 Å². The molecule has 0 aliphatic heterocycles. The lowest BCUT2D eigenvalue weighted by Gasteiger charge is -2.21. The average molecular weight is 255 g/mol. The van der Waals surface area contributed by atoms with Crippen LogP contribution in [0.3, 0.4) is 0 Å². The number of nitrogens with zero attached hydrogens (tertiary/aromatic N) is 1. The van der Waals surface area contributed by atoms with Crippen LogP contribution in [0.15, 0.2) is 24.3 Å². The maximum atomic E-state index is 11.8. The molecule has 1 aliphatic carbocycles. The highest BCUT2D eigenvalue weighted by Crippen LogP contribution is 2.30. The van der Waals surface area contributed by atoms with Crippen LogP contribution in [0, 0.1) is 0 Å². The van der Waals surface area contributed by atoms with Crippen molar-refractivity contribution in [3.05, 3.63) is 29.8 Å². The molecule has 2 rings (SSSR count). The first-order valence-electron chi connectivity index (χ1n) is 5.57. The first kappa shape index (κ1) is 12.3. The summed E-state index contributed by atoms with van der Waals surface area (Å²) in [5.74, 6) is 0. The molecule has 0 atom stereocenters. The second kappa shape index (κ2) is 4.64. The minimum atomic E-state index is -3.35. The SMILES string of the molecule is CNS(=O)(=O)N(Cc1ccc(N)cc1)C1CC1. The zero-order valence-corrected chi connectivity index (χ0v) is 10.6. The van der Waals surface area contributed by atoms with Crippen molar-refractivity contribution < 1.29 is 8.42 Å². The highest BCUT2D eigenvalue weighted by Gasteiger charge is 2.36. The molecule has 0 radical (unpaired) electrons. The van der Waals surface area contributed by atoms with Gasteiger partial charge in [0.1, 0.15) is 0 Å². The Hall–Kier alpha value is -1.11. The summed E-state index contributed by atoms with van der Waals surface area (Å²) in [5, 5.41) is 0. The number of benzene rings is 1. The highest BCUT2D eigenvalue weighted by molar-refractivity contribution is 7.87. The molecule has 17 heavy (non-hydrogen) atoms. The van der Waals surface area contributed by atoms with Crippen LogP contribution >= 0.6 is 0 Å². The van der Waals surface area contributed by atoms with Gasteiger partial charge in [-0.15, -0.1) is 0 Å². The van der Waals surface area contributed by atoms with Gasteiger partial charge in [-0.3, -0.25) is 0 Å². The van der Waals surface area contributed by atoms with E-state index in [1.54, 1.807) is 12.1 Å². The summed E-state index contributed by atoms with van der Waals surface area (Å²) in [4.78, 5) is 0. The van der Waals surface area contributed by atoms with Crippen molar-refractivity contribution in [2.75, 3.05) is 12.8 Å². The van der Waals surface area contributed by atoms with Gasteiger partial charge in [-0.2, -0.15) is 12.7 Å². The molecule has 1 fully saturated rings. The Balaban J connectivity index is 2.16. The zero-order chi connectivity index (χ0) is 12.5. The lowest BCUT2D eigenvalue weighted by Crippen LogP contribution is -2.39. The van der Waals surface area contributed by atoms with E-state index in [4.69, 9.17) is 5.73 Å². The van der Waals surface area contributed by atoms with Crippen LogP contribution in [0.25, 0.3) is 0 Å². The Morgan fingerprint density at radius 1 is 1.35 bits per heavy atom. The Bertz CT molecular complexity index is 480. The largest absolute Gasteiger partial charge is 0.399 e. The van der Waals surface area contributed by atoms with Crippen molar-refractivity contribution >= 4 is 15.9 Å². The molecule has 1 aromatic rings. The number of nitrogen functional groups attached to an aromatic ring is 1. The van der Waals surface area contributed by atoms with Gasteiger partial charge < -0.3 is 5.73 Å². The van der Waals surface area contributed by atoms with Gasteiger partial charge in [0, 0.05) is 25.3 Å². The maximum absolute atomic E-state index is 11.8. The quantitative estimate of drug-likeness (QED) is 0.760. The van der Waals surface area contributed by atoms with Crippen molar-refractivity contribution in [3.8, 4) is 0 Å². The van der Waals surface area contributed by atoms with Crippen molar-refractivity contribution in [3.63, 3.8) is 0 Å². The van der Waals surface area contributed by atoms with Gasteiger partial charge in [-0.25, -0.2) is 4.72 Å². The van der Waals surface area contributed by atoms with Crippen LogP contribution in [-0.2, 0) is 16.8 Å². The number of rotatable bonds is 5. The Morgan fingerprint density at radius 3 is 2.41 bits per heavy atom. The van der Waals surface area contributed by atoms with E-state index in [2.05, 4.69) is 4.72 Å². The van der Waals surface area contributed by atoms with Crippen LogP contribution < -0.4 is 10.5 Å².